The van der Waals surface area contributed by atoms with E-state index in [0.717, 1.165) is 53.9 Å². The second kappa shape index (κ2) is 12.0. The molecule has 2 heterocycles. The van der Waals surface area contributed by atoms with E-state index in [-0.39, 0.29) is 17.7 Å². The Morgan fingerprint density at radius 3 is 2.32 bits per heavy atom. The van der Waals surface area contributed by atoms with Crippen LogP contribution in [0.25, 0.3) is 22.0 Å². The van der Waals surface area contributed by atoms with Crippen molar-refractivity contribution in [2.45, 2.75) is 43.7 Å². The van der Waals surface area contributed by atoms with Gasteiger partial charge in [0.05, 0.1) is 21.3 Å². The summed E-state index contributed by atoms with van der Waals surface area (Å²) in [4.78, 5) is 13.2. The number of halogens is 3. The number of aliphatic carboxylic acids is 1. The molecule has 0 saturated carbocycles. The maximum absolute atomic E-state index is 13.4. The Labute approximate surface area is 221 Å². The second-order valence-corrected chi connectivity index (χ2v) is 10.9. The van der Waals surface area contributed by atoms with E-state index in [1.165, 1.54) is 29.8 Å². The first kappa shape index (κ1) is 27.0. The van der Waals surface area contributed by atoms with Gasteiger partial charge in [0.1, 0.15) is 11.6 Å². The van der Waals surface area contributed by atoms with Crippen LogP contribution in [0.3, 0.4) is 0 Å². The number of hydrogen-bond donors (Lipinski definition) is 3. The molecule has 2 unspecified atom stereocenters. The zero-order chi connectivity index (χ0) is 26.5. The lowest BCUT2D eigenvalue weighted by atomic mass is 9.94. The van der Waals surface area contributed by atoms with Crippen molar-refractivity contribution < 1.29 is 22.9 Å². The molecule has 0 radical (unpaired) electrons. The Bertz CT molecular complexity index is 1420. The van der Waals surface area contributed by atoms with E-state index in [0.29, 0.717) is 22.2 Å². The molecule has 1 aliphatic rings. The third-order valence-corrected chi connectivity index (χ3v) is 8.00. The van der Waals surface area contributed by atoms with Gasteiger partial charge in [-0.25, -0.2) is 8.78 Å². The largest absolute Gasteiger partial charge is 0.481 e. The highest BCUT2D eigenvalue weighted by Gasteiger charge is 2.24. The molecule has 3 aromatic carbocycles. The Balaban J connectivity index is 0.000000747. The summed E-state index contributed by atoms with van der Waals surface area (Å²) in [5, 5.41) is 12.8. The molecule has 194 valence electrons. The van der Waals surface area contributed by atoms with E-state index in [2.05, 4.69) is 10.3 Å². The van der Waals surface area contributed by atoms with Crippen molar-refractivity contribution >= 4 is 39.3 Å². The summed E-state index contributed by atoms with van der Waals surface area (Å²) in [6.45, 7) is 1.79. The molecule has 0 bridgehead atoms. The minimum absolute atomic E-state index is 0.259. The van der Waals surface area contributed by atoms with Crippen LogP contribution in [0.15, 0.2) is 65.6 Å². The Morgan fingerprint density at radius 2 is 1.68 bits per heavy atom. The Morgan fingerprint density at radius 1 is 1.05 bits per heavy atom. The third kappa shape index (κ3) is 6.63. The summed E-state index contributed by atoms with van der Waals surface area (Å²) >= 11 is 6.52. The minimum Gasteiger partial charge on any atom is -0.481 e. The van der Waals surface area contributed by atoms with Gasteiger partial charge in [0.25, 0.3) is 5.97 Å². The molecule has 0 aliphatic carbocycles. The molecule has 9 heteroatoms. The van der Waals surface area contributed by atoms with Crippen molar-refractivity contribution in [3.8, 4) is 11.1 Å². The summed E-state index contributed by atoms with van der Waals surface area (Å²) in [6, 6.07) is 16.5. The van der Waals surface area contributed by atoms with Crippen LogP contribution in [0.1, 0.15) is 31.0 Å². The first-order valence-electron chi connectivity index (χ1n) is 11.9. The van der Waals surface area contributed by atoms with E-state index >= 15 is 0 Å². The average molecular weight is 545 g/mol. The lowest BCUT2D eigenvalue weighted by Crippen LogP contribution is -2.35. The molecular weight excluding hydrogens is 518 g/mol. The number of carbonyl (C=O) groups is 1. The summed E-state index contributed by atoms with van der Waals surface area (Å²) in [5.74, 6) is -0.868. The van der Waals surface area contributed by atoms with Crippen molar-refractivity contribution in [2.75, 3.05) is 5.75 Å². The van der Waals surface area contributed by atoms with E-state index in [1.807, 2.05) is 12.1 Å². The van der Waals surface area contributed by atoms with Gasteiger partial charge in [-0.15, -0.1) is 0 Å². The maximum atomic E-state index is 13.4. The highest BCUT2D eigenvalue weighted by molar-refractivity contribution is 7.85. The van der Waals surface area contributed by atoms with Crippen molar-refractivity contribution in [1.29, 1.82) is 0 Å². The van der Waals surface area contributed by atoms with Crippen LogP contribution in [0.2, 0.25) is 5.02 Å². The SMILES string of the molecule is CC(=O)O.O=S(CCCC1Cc2[nH]c3c(Cl)ccc(-c4ccc(F)cc4)c3c2CN1)c1ccc(F)cc1. The Kier molecular flexibility index (Phi) is 8.74. The molecular formula is C28H27ClF2N2O3S. The van der Waals surface area contributed by atoms with Gasteiger partial charge in [0.2, 0.25) is 0 Å². The zero-order valence-corrected chi connectivity index (χ0v) is 21.8. The number of aromatic amines is 1. The molecule has 0 spiro atoms. The molecule has 4 aromatic rings. The quantitative estimate of drug-likeness (QED) is 0.260. The lowest BCUT2D eigenvalue weighted by molar-refractivity contribution is -0.134. The van der Waals surface area contributed by atoms with E-state index in [1.54, 1.807) is 24.3 Å². The van der Waals surface area contributed by atoms with Crippen LogP contribution in [0, 0.1) is 11.6 Å². The number of rotatable bonds is 6. The smallest absolute Gasteiger partial charge is 0.300 e. The number of aromatic nitrogens is 1. The molecule has 2 atom stereocenters. The highest BCUT2D eigenvalue weighted by Crippen LogP contribution is 2.38. The first-order valence-corrected chi connectivity index (χ1v) is 13.6. The predicted molar refractivity (Wildman–Crippen MR) is 143 cm³/mol. The van der Waals surface area contributed by atoms with Crippen LogP contribution < -0.4 is 5.32 Å². The number of H-pyrrole nitrogens is 1. The lowest BCUT2D eigenvalue weighted by Gasteiger charge is -2.24. The number of carboxylic acids is 1. The van der Waals surface area contributed by atoms with Gasteiger partial charge < -0.3 is 15.4 Å². The van der Waals surface area contributed by atoms with Gasteiger partial charge in [-0.2, -0.15) is 0 Å². The van der Waals surface area contributed by atoms with Crippen LogP contribution in [0.4, 0.5) is 8.78 Å². The molecule has 1 aromatic heterocycles. The van der Waals surface area contributed by atoms with Crippen LogP contribution >= 0.6 is 11.6 Å². The van der Waals surface area contributed by atoms with Gasteiger partial charge in [0, 0.05) is 47.7 Å². The first-order chi connectivity index (χ1) is 17.7. The number of hydrogen-bond acceptors (Lipinski definition) is 3. The Hall–Kier alpha value is -3.07. The molecule has 5 rings (SSSR count). The van der Waals surface area contributed by atoms with Crippen LogP contribution in [-0.4, -0.2) is 32.1 Å². The molecule has 1 aliphatic heterocycles. The molecule has 5 nitrogen and oxygen atoms in total. The number of nitrogens with one attached hydrogen (secondary N) is 2. The molecule has 0 fully saturated rings. The van der Waals surface area contributed by atoms with E-state index in [9.17, 15) is 13.0 Å². The van der Waals surface area contributed by atoms with Gasteiger partial charge in [-0.3, -0.25) is 9.00 Å². The number of benzene rings is 3. The molecule has 0 saturated heterocycles. The van der Waals surface area contributed by atoms with Gasteiger partial charge in [0.15, 0.2) is 0 Å². The zero-order valence-electron chi connectivity index (χ0n) is 20.2. The summed E-state index contributed by atoms with van der Waals surface area (Å²) < 4.78 is 39.0. The number of carboxylic acid groups (broad SMARTS) is 1. The van der Waals surface area contributed by atoms with Gasteiger partial charge >= 0.3 is 0 Å². The topological polar surface area (TPSA) is 82.2 Å². The van der Waals surface area contributed by atoms with Crippen molar-refractivity contribution in [3.63, 3.8) is 0 Å². The summed E-state index contributed by atoms with van der Waals surface area (Å²) in [6.07, 6.45) is 2.52. The third-order valence-electron chi connectivity index (χ3n) is 6.23. The average Bonchev–Trinajstić information content (AvgIpc) is 3.25. The second-order valence-electron chi connectivity index (χ2n) is 8.88. The maximum Gasteiger partial charge on any atom is 0.300 e. The fourth-order valence-corrected chi connectivity index (χ4v) is 5.87. The van der Waals surface area contributed by atoms with Gasteiger partial charge in [-0.1, -0.05) is 29.8 Å². The fourth-order valence-electron chi connectivity index (χ4n) is 4.56. The van der Waals surface area contributed by atoms with Crippen LogP contribution in [-0.2, 0) is 28.6 Å². The summed E-state index contributed by atoms with van der Waals surface area (Å²) in [7, 11) is -1.13. The molecule has 3 N–H and O–H groups in total. The van der Waals surface area contributed by atoms with E-state index in [4.69, 9.17) is 21.5 Å². The van der Waals surface area contributed by atoms with Gasteiger partial charge in [-0.05, 0) is 72.0 Å². The molecule has 37 heavy (non-hydrogen) atoms. The van der Waals surface area contributed by atoms with Crippen molar-refractivity contribution in [2.24, 2.45) is 0 Å². The normalized spacial score (nSPS) is 15.5. The predicted octanol–water partition coefficient (Wildman–Crippen LogP) is 6.46. The van der Waals surface area contributed by atoms with Crippen LogP contribution in [0.5, 0.6) is 0 Å². The standard InChI is InChI=1S/C26H23ClF2N2OS.C2H4O2/c27-23-12-11-21(16-3-5-17(28)6-4-16)25-22-15-30-19(14-24(22)31-26(23)25)2-1-13-33(32)20-9-7-18(29)8-10-20;1-2(3)4/h3-12,19,30-31H,1-2,13-15H2;1H3,(H,3,4). The minimum atomic E-state index is -1.13. The summed E-state index contributed by atoms with van der Waals surface area (Å²) in [5.41, 5.74) is 5.23. The monoisotopic (exact) mass is 544 g/mol. The van der Waals surface area contributed by atoms with Crippen molar-refractivity contribution in [3.05, 3.63) is 88.6 Å². The van der Waals surface area contributed by atoms with Crippen molar-refractivity contribution in [1.82, 2.24) is 10.3 Å². The highest BCUT2D eigenvalue weighted by atomic mass is 35.5. The number of fused-ring (bicyclic) bond motifs is 3. The molecule has 0 amide bonds. The fraction of sp³-hybridized carbons (Fsp3) is 0.250. The van der Waals surface area contributed by atoms with E-state index < -0.39 is 16.8 Å².